The van der Waals surface area contributed by atoms with Gasteiger partial charge in [0.1, 0.15) is 0 Å². The monoisotopic (exact) mass is 459 g/mol. The van der Waals surface area contributed by atoms with Crippen LogP contribution in [0.25, 0.3) is 0 Å². The number of carboxylic acid groups (broad SMARTS) is 1. The molecule has 1 N–H and O–H groups in total. The van der Waals surface area contributed by atoms with Gasteiger partial charge in [-0.1, -0.05) is 0 Å². The molecule has 12 heteroatoms. The number of rotatable bonds is 6. The lowest BCUT2D eigenvalue weighted by Gasteiger charge is -2.37. The normalized spacial score (nSPS) is 22.0. The molecule has 2 amide bonds. The molecule has 2 fully saturated rings. The van der Waals surface area contributed by atoms with E-state index in [0.717, 1.165) is 25.8 Å². The predicted molar refractivity (Wildman–Crippen MR) is 107 cm³/mol. The van der Waals surface area contributed by atoms with Gasteiger partial charge in [-0.05, 0) is 26.4 Å². The summed E-state index contributed by atoms with van der Waals surface area (Å²) in [6.07, 6.45) is 4.68. The van der Waals surface area contributed by atoms with E-state index in [1.54, 1.807) is 0 Å². The van der Waals surface area contributed by atoms with Gasteiger partial charge in [0.25, 0.3) is 0 Å². The van der Waals surface area contributed by atoms with Crippen molar-refractivity contribution in [1.29, 1.82) is 0 Å². The van der Waals surface area contributed by atoms with Crippen LogP contribution in [-0.2, 0) is 14.4 Å². The molecule has 3 aliphatic heterocycles. The fraction of sp³-hybridized carbons (Fsp3) is 0.750. The van der Waals surface area contributed by atoms with E-state index in [4.69, 9.17) is 16.3 Å². The SMILES string of the molecule is C#CCCC1(CCC(=O)N2CCN(C(=O)C3CCCN3C)CC2)N=N1.O=C(O)C(F)(F)F. The van der Waals surface area contributed by atoms with Gasteiger partial charge in [0.15, 0.2) is 5.66 Å². The average molecular weight is 459 g/mol. The number of hydrogen-bond donors (Lipinski definition) is 1. The standard InChI is InChI=1S/C18H27N5O2.C2HF3O2/c1-3-4-8-18(19-20-18)9-7-16(24)22-11-13-23(14-12-22)17(25)15-6-5-10-21(15)2;3-2(4,5)1(6)7/h1,15H,4-14H2,2H3;(H,6,7). The highest BCUT2D eigenvalue weighted by atomic mass is 19.4. The Morgan fingerprint density at radius 2 is 1.66 bits per heavy atom. The van der Waals surface area contributed by atoms with Crippen molar-refractivity contribution in [2.24, 2.45) is 10.2 Å². The van der Waals surface area contributed by atoms with Gasteiger partial charge in [-0.25, -0.2) is 4.79 Å². The van der Waals surface area contributed by atoms with Crippen molar-refractivity contribution in [2.45, 2.75) is 56.4 Å². The zero-order chi connectivity index (χ0) is 23.9. The van der Waals surface area contributed by atoms with Crippen LogP contribution in [0.5, 0.6) is 0 Å². The highest BCUT2D eigenvalue weighted by molar-refractivity contribution is 5.83. The molecule has 32 heavy (non-hydrogen) atoms. The number of aliphatic carboxylic acids is 1. The van der Waals surface area contributed by atoms with Crippen molar-refractivity contribution in [3.63, 3.8) is 0 Å². The molecule has 0 spiro atoms. The first-order valence-electron chi connectivity index (χ1n) is 10.4. The number of alkyl halides is 3. The number of amides is 2. The molecule has 0 aromatic heterocycles. The number of hydrogen-bond acceptors (Lipinski definition) is 6. The highest BCUT2D eigenvalue weighted by Gasteiger charge is 2.40. The maximum Gasteiger partial charge on any atom is 0.490 e. The number of piperazine rings is 1. The highest BCUT2D eigenvalue weighted by Crippen LogP contribution is 2.37. The molecular weight excluding hydrogens is 431 g/mol. The van der Waals surface area contributed by atoms with E-state index in [1.807, 2.05) is 16.8 Å². The van der Waals surface area contributed by atoms with E-state index in [9.17, 15) is 22.8 Å². The van der Waals surface area contributed by atoms with Gasteiger partial charge in [-0.15, -0.1) is 12.3 Å². The first kappa shape index (κ1) is 25.6. The van der Waals surface area contributed by atoms with E-state index >= 15 is 0 Å². The minimum atomic E-state index is -5.08. The lowest BCUT2D eigenvalue weighted by atomic mass is 10.0. The summed E-state index contributed by atoms with van der Waals surface area (Å²) in [5.41, 5.74) is -0.396. The average Bonchev–Trinajstić information content (AvgIpc) is 3.40. The van der Waals surface area contributed by atoms with Gasteiger partial charge in [0.2, 0.25) is 11.8 Å². The Labute approximate surface area is 184 Å². The number of carbonyl (C=O) groups is 3. The molecule has 3 rings (SSSR count). The van der Waals surface area contributed by atoms with Crippen LogP contribution in [0.1, 0.15) is 38.5 Å². The van der Waals surface area contributed by atoms with E-state index in [1.165, 1.54) is 0 Å². The van der Waals surface area contributed by atoms with Crippen LogP contribution in [0, 0.1) is 12.3 Å². The molecule has 178 valence electrons. The van der Waals surface area contributed by atoms with Crippen molar-refractivity contribution in [3.8, 4) is 12.3 Å². The Bertz CT molecular complexity index is 766. The molecule has 1 unspecified atom stereocenters. The molecule has 3 heterocycles. The molecule has 9 nitrogen and oxygen atoms in total. The van der Waals surface area contributed by atoms with Gasteiger partial charge in [-0.2, -0.15) is 23.4 Å². The van der Waals surface area contributed by atoms with Crippen LogP contribution in [0.3, 0.4) is 0 Å². The predicted octanol–water partition coefficient (Wildman–Crippen LogP) is 1.74. The van der Waals surface area contributed by atoms with E-state index in [2.05, 4.69) is 21.0 Å². The number of likely N-dealkylation sites (N-methyl/N-ethyl adjacent to an activating group) is 1. The summed E-state index contributed by atoms with van der Waals surface area (Å²) in [5, 5.41) is 15.3. The van der Waals surface area contributed by atoms with Crippen LogP contribution in [0.4, 0.5) is 13.2 Å². The zero-order valence-corrected chi connectivity index (χ0v) is 18.0. The van der Waals surface area contributed by atoms with Crippen molar-refractivity contribution in [3.05, 3.63) is 0 Å². The molecule has 0 aromatic carbocycles. The summed E-state index contributed by atoms with van der Waals surface area (Å²) in [6, 6.07) is 0.0244. The minimum absolute atomic E-state index is 0.0244. The van der Waals surface area contributed by atoms with Gasteiger partial charge in [0, 0.05) is 51.9 Å². The molecular formula is C20H28F3N5O4. The van der Waals surface area contributed by atoms with E-state index in [-0.39, 0.29) is 17.9 Å². The molecule has 0 aliphatic carbocycles. The Hall–Kier alpha value is -2.68. The Kier molecular flexibility index (Phi) is 8.60. The third-order valence-electron chi connectivity index (χ3n) is 5.78. The molecule has 0 aromatic rings. The second kappa shape index (κ2) is 10.8. The number of carboxylic acids is 1. The smallest absolute Gasteiger partial charge is 0.475 e. The van der Waals surface area contributed by atoms with Crippen molar-refractivity contribution < 1.29 is 32.7 Å². The van der Waals surface area contributed by atoms with E-state index in [0.29, 0.717) is 45.4 Å². The molecule has 1 atom stereocenters. The maximum absolute atomic E-state index is 12.6. The molecule has 0 bridgehead atoms. The van der Waals surface area contributed by atoms with Gasteiger partial charge >= 0.3 is 12.1 Å². The first-order chi connectivity index (χ1) is 15.0. The van der Waals surface area contributed by atoms with Crippen molar-refractivity contribution >= 4 is 17.8 Å². The molecule has 0 radical (unpaired) electrons. The third-order valence-corrected chi connectivity index (χ3v) is 5.78. The number of carbonyl (C=O) groups excluding carboxylic acids is 2. The van der Waals surface area contributed by atoms with Crippen molar-refractivity contribution in [1.82, 2.24) is 14.7 Å². The molecule has 2 saturated heterocycles. The number of nitrogens with zero attached hydrogens (tertiary/aromatic N) is 5. The van der Waals surface area contributed by atoms with Gasteiger partial charge in [0.05, 0.1) is 6.04 Å². The summed E-state index contributed by atoms with van der Waals surface area (Å²) in [4.78, 5) is 39.8. The molecule has 0 saturated carbocycles. The minimum Gasteiger partial charge on any atom is -0.475 e. The lowest BCUT2D eigenvalue weighted by molar-refractivity contribution is -0.192. The van der Waals surface area contributed by atoms with Crippen LogP contribution in [-0.4, -0.2) is 95.2 Å². The first-order valence-corrected chi connectivity index (χ1v) is 10.4. The Morgan fingerprint density at radius 1 is 1.09 bits per heavy atom. The van der Waals surface area contributed by atoms with Gasteiger partial charge < -0.3 is 14.9 Å². The zero-order valence-electron chi connectivity index (χ0n) is 18.0. The van der Waals surface area contributed by atoms with E-state index < -0.39 is 17.8 Å². The van der Waals surface area contributed by atoms with Crippen molar-refractivity contribution in [2.75, 3.05) is 39.8 Å². The number of terminal acetylenes is 1. The summed E-state index contributed by atoms with van der Waals surface area (Å²) in [7, 11) is 2.01. The summed E-state index contributed by atoms with van der Waals surface area (Å²) in [6.45, 7) is 3.49. The van der Waals surface area contributed by atoms with Gasteiger partial charge in [-0.3, -0.25) is 14.5 Å². The number of halogens is 3. The Morgan fingerprint density at radius 3 is 2.09 bits per heavy atom. The summed E-state index contributed by atoms with van der Waals surface area (Å²) >= 11 is 0. The lowest BCUT2D eigenvalue weighted by Crippen LogP contribution is -2.54. The topological polar surface area (TPSA) is 106 Å². The second-order valence-electron chi connectivity index (χ2n) is 8.03. The fourth-order valence-electron chi connectivity index (χ4n) is 3.74. The van der Waals surface area contributed by atoms with Crippen LogP contribution in [0.15, 0.2) is 10.2 Å². The largest absolute Gasteiger partial charge is 0.490 e. The number of likely N-dealkylation sites (tertiary alicyclic amines) is 1. The molecule has 3 aliphatic rings. The summed E-state index contributed by atoms with van der Waals surface area (Å²) < 4.78 is 31.7. The van der Waals surface area contributed by atoms with Crippen LogP contribution >= 0.6 is 0 Å². The van der Waals surface area contributed by atoms with Crippen LogP contribution < -0.4 is 0 Å². The summed E-state index contributed by atoms with van der Waals surface area (Å²) in [5.74, 6) is 0.189. The maximum atomic E-state index is 12.6. The fourth-order valence-corrected chi connectivity index (χ4v) is 3.74. The van der Waals surface area contributed by atoms with Crippen LogP contribution in [0.2, 0.25) is 0 Å². The Balaban J connectivity index is 0.000000451. The second-order valence-corrected chi connectivity index (χ2v) is 8.03. The third kappa shape index (κ3) is 7.19. The quantitative estimate of drug-likeness (QED) is 0.609.